The van der Waals surface area contributed by atoms with Gasteiger partial charge in [0.2, 0.25) is 0 Å². The Hall–Kier alpha value is -2.95. The molecule has 0 amide bonds. The normalized spacial score (nSPS) is 11.3. The van der Waals surface area contributed by atoms with E-state index in [4.69, 9.17) is 0 Å². The molecule has 2 aromatic heterocycles. The summed E-state index contributed by atoms with van der Waals surface area (Å²) in [6.45, 7) is 0. The fourth-order valence-corrected chi connectivity index (χ4v) is 2.53. The Labute approximate surface area is 120 Å². The highest BCUT2D eigenvalue weighted by molar-refractivity contribution is 6.03. The zero-order valence-electron chi connectivity index (χ0n) is 11.4. The first-order chi connectivity index (χ1) is 10.2. The van der Waals surface area contributed by atoms with Crippen LogP contribution in [0.5, 0.6) is 0 Å². The molecular weight excluding hydrogens is 264 g/mol. The molecule has 0 unspecified atom stereocenters. The summed E-state index contributed by atoms with van der Waals surface area (Å²) in [5, 5.41) is 5.36. The minimum absolute atomic E-state index is 0.101. The maximum Gasteiger partial charge on any atom is 0.263 e. The minimum Gasteiger partial charge on any atom is -0.275 e. The number of imidazole rings is 1. The Kier molecular flexibility index (Phi) is 2.41. The van der Waals surface area contributed by atoms with Gasteiger partial charge in [-0.2, -0.15) is 5.10 Å². The molecule has 4 rings (SSSR count). The molecule has 5 nitrogen and oxygen atoms in total. The molecule has 0 saturated heterocycles. The lowest BCUT2D eigenvalue weighted by Crippen LogP contribution is -2.10. The fourth-order valence-electron chi connectivity index (χ4n) is 2.53. The van der Waals surface area contributed by atoms with Gasteiger partial charge in [0, 0.05) is 24.2 Å². The summed E-state index contributed by atoms with van der Waals surface area (Å²) in [4.78, 5) is 16.9. The number of rotatable bonds is 1. The lowest BCUT2D eigenvalue weighted by molar-refractivity contribution is 0.0964. The van der Waals surface area contributed by atoms with Crippen molar-refractivity contribution in [3.8, 4) is 0 Å². The Morgan fingerprint density at radius 3 is 2.86 bits per heavy atom. The third-order valence-corrected chi connectivity index (χ3v) is 3.54. The molecule has 0 saturated carbocycles. The lowest BCUT2D eigenvalue weighted by Gasteiger charge is -2.03. The molecule has 2 heterocycles. The van der Waals surface area contributed by atoms with Crippen LogP contribution in [0, 0.1) is 0 Å². The Balaban J connectivity index is 1.85. The summed E-state index contributed by atoms with van der Waals surface area (Å²) in [6, 6.07) is 13.1. The van der Waals surface area contributed by atoms with Crippen molar-refractivity contribution in [3.05, 3.63) is 60.6 Å². The average molecular weight is 276 g/mol. The molecule has 0 bridgehead atoms. The highest BCUT2D eigenvalue weighted by Crippen LogP contribution is 2.17. The van der Waals surface area contributed by atoms with Crippen LogP contribution in [0.15, 0.2) is 55.0 Å². The van der Waals surface area contributed by atoms with Crippen molar-refractivity contribution in [1.82, 2.24) is 19.3 Å². The fraction of sp³-hybridized carbons (Fsp3) is 0.0625. The summed E-state index contributed by atoms with van der Waals surface area (Å²) in [5.74, 6) is -0.101. The van der Waals surface area contributed by atoms with Crippen LogP contribution in [0.1, 0.15) is 10.4 Å². The van der Waals surface area contributed by atoms with Crippen molar-refractivity contribution in [2.24, 2.45) is 7.05 Å². The van der Waals surface area contributed by atoms with E-state index in [1.54, 1.807) is 15.6 Å². The van der Waals surface area contributed by atoms with Gasteiger partial charge < -0.3 is 0 Å². The third kappa shape index (κ3) is 1.82. The van der Waals surface area contributed by atoms with E-state index >= 15 is 0 Å². The van der Waals surface area contributed by atoms with E-state index in [2.05, 4.69) is 10.1 Å². The van der Waals surface area contributed by atoms with Crippen LogP contribution >= 0.6 is 0 Å². The van der Waals surface area contributed by atoms with Gasteiger partial charge in [-0.3, -0.25) is 14.0 Å². The molecule has 102 valence electrons. The van der Waals surface area contributed by atoms with E-state index in [1.807, 2.05) is 55.7 Å². The number of carbonyl (C=O) groups excluding carboxylic acids is 1. The second kappa shape index (κ2) is 4.28. The first-order valence-corrected chi connectivity index (χ1v) is 6.62. The lowest BCUT2D eigenvalue weighted by atomic mass is 10.1. The summed E-state index contributed by atoms with van der Waals surface area (Å²) in [5.41, 5.74) is 3.03. The monoisotopic (exact) mass is 276 g/mol. The van der Waals surface area contributed by atoms with Crippen molar-refractivity contribution in [2.75, 3.05) is 0 Å². The van der Waals surface area contributed by atoms with Gasteiger partial charge in [0.15, 0.2) is 0 Å². The zero-order valence-corrected chi connectivity index (χ0v) is 11.4. The van der Waals surface area contributed by atoms with E-state index in [1.165, 1.54) is 0 Å². The van der Waals surface area contributed by atoms with Gasteiger partial charge in [-0.15, -0.1) is 0 Å². The topological polar surface area (TPSA) is 52.7 Å². The molecule has 0 aliphatic carbocycles. The SMILES string of the molecule is Cn1cc2ccc(C(=O)n3cnc4ccccc43)cc2n1. The van der Waals surface area contributed by atoms with Crippen LogP contribution in [-0.2, 0) is 7.05 Å². The van der Waals surface area contributed by atoms with Gasteiger partial charge in [0.25, 0.3) is 5.91 Å². The van der Waals surface area contributed by atoms with Gasteiger partial charge in [-0.25, -0.2) is 4.98 Å². The molecule has 0 aliphatic heterocycles. The van der Waals surface area contributed by atoms with Gasteiger partial charge in [-0.1, -0.05) is 18.2 Å². The Morgan fingerprint density at radius 2 is 1.95 bits per heavy atom. The number of nitrogens with zero attached hydrogens (tertiary/aromatic N) is 4. The number of carbonyl (C=O) groups is 1. The number of fused-ring (bicyclic) bond motifs is 2. The van der Waals surface area contributed by atoms with E-state index in [0.717, 1.165) is 21.9 Å². The van der Waals surface area contributed by atoms with Crippen LogP contribution in [0.25, 0.3) is 21.9 Å². The van der Waals surface area contributed by atoms with Crippen LogP contribution in [0.2, 0.25) is 0 Å². The van der Waals surface area contributed by atoms with E-state index in [0.29, 0.717) is 5.56 Å². The highest BCUT2D eigenvalue weighted by Gasteiger charge is 2.13. The number of hydrogen-bond acceptors (Lipinski definition) is 3. The minimum atomic E-state index is -0.101. The number of benzene rings is 2. The largest absolute Gasteiger partial charge is 0.275 e. The van der Waals surface area contributed by atoms with Crippen molar-refractivity contribution in [3.63, 3.8) is 0 Å². The molecular formula is C16H12N4O. The van der Waals surface area contributed by atoms with Gasteiger partial charge >= 0.3 is 0 Å². The molecule has 0 aliphatic rings. The molecule has 2 aromatic carbocycles. The maximum atomic E-state index is 12.7. The van der Waals surface area contributed by atoms with Crippen molar-refractivity contribution < 1.29 is 4.79 Å². The van der Waals surface area contributed by atoms with Crippen molar-refractivity contribution in [1.29, 1.82) is 0 Å². The second-order valence-corrected chi connectivity index (χ2v) is 4.98. The predicted octanol–water partition coefficient (Wildman–Crippen LogP) is 2.61. The van der Waals surface area contributed by atoms with Crippen LogP contribution in [0.4, 0.5) is 0 Å². The standard InChI is InChI=1S/C16H12N4O/c1-19-9-12-7-6-11(8-14(12)18-19)16(21)20-10-17-13-4-2-3-5-15(13)20/h2-10H,1H3. The molecule has 0 N–H and O–H groups in total. The molecule has 5 heteroatoms. The average Bonchev–Trinajstić information content (AvgIpc) is 3.07. The van der Waals surface area contributed by atoms with Crippen LogP contribution in [-0.4, -0.2) is 25.2 Å². The molecule has 0 atom stereocenters. The number of aryl methyl sites for hydroxylation is 1. The third-order valence-electron chi connectivity index (χ3n) is 3.54. The number of hydrogen-bond donors (Lipinski definition) is 0. The molecule has 0 spiro atoms. The van der Waals surface area contributed by atoms with E-state index in [-0.39, 0.29) is 5.91 Å². The second-order valence-electron chi connectivity index (χ2n) is 4.98. The molecule has 0 fully saturated rings. The Bertz CT molecular complexity index is 980. The zero-order chi connectivity index (χ0) is 14.4. The van der Waals surface area contributed by atoms with Crippen LogP contribution in [0.3, 0.4) is 0 Å². The first kappa shape index (κ1) is 11.8. The predicted molar refractivity (Wildman–Crippen MR) is 80.2 cm³/mol. The number of aromatic nitrogens is 4. The van der Waals surface area contributed by atoms with Gasteiger partial charge in [0.05, 0.1) is 16.6 Å². The van der Waals surface area contributed by atoms with Gasteiger partial charge in [-0.05, 0) is 24.3 Å². The quantitative estimate of drug-likeness (QED) is 0.537. The van der Waals surface area contributed by atoms with Crippen LogP contribution < -0.4 is 0 Å². The van der Waals surface area contributed by atoms with Crippen molar-refractivity contribution in [2.45, 2.75) is 0 Å². The summed E-state index contributed by atoms with van der Waals surface area (Å²) < 4.78 is 3.31. The van der Waals surface area contributed by atoms with Gasteiger partial charge in [0.1, 0.15) is 6.33 Å². The van der Waals surface area contributed by atoms with E-state index in [9.17, 15) is 4.79 Å². The highest BCUT2D eigenvalue weighted by atomic mass is 16.2. The maximum absolute atomic E-state index is 12.7. The number of para-hydroxylation sites is 2. The summed E-state index contributed by atoms with van der Waals surface area (Å²) in [7, 11) is 1.87. The first-order valence-electron chi connectivity index (χ1n) is 6.62. The smallest absolute Gasteiger partial charge is 0.263 e. The summed E-state index contributed by atoms with van der Waals surface area (Å²) >= 11 is 0. The molecule has 4 aromatic rings. The summed E-state index contributed by atoms with van der Waals surface area (Å²) in [6.07, 6.45) is 3.49. The molecule has 21 heavy (non-hydrogen) atoms. The molecule has 0 radical (unpaired) electrons. The van der Waals surface area contributed by atoms with E-state index < -0.39 is 0 Å². The Morgan fingerprint density at radius 1 is 1.10 bits per heavy atom. The van der Waals surface area contributed by atoms with Crippen molar-refractivity contribution >= 4 is 27.8 Å².